The minimum absolute atomic E-state index is 0.186. The molecule has 1 N–H and O–H groups in total. The van der Waals surface area contributed by atoms with Gasteiger partial charge in [-0.05, 0) is 25.3 Å². The second kappa shape index (κ2) is 3.99. The molecule has 0 bridgehead atoms. The van der Waals surface area contributed by atoms with E-state index in [1.807, 2.05) is 0 Å². The van der Waals surface area contributed by atoms with Gasteiger partial charge in [0.25, 0.3) is 0 Å². The van der Waals surface area contributed by atoms with Crippen LogP contribution in [0.3, 0.4) is 0 Å². The summed E-state index contributed by atoms with van der Waals surface area (Å²) in [5.41, 5.74) is 2.65. The molecule has 0 radical (unpaired) electrons. The normalized spacial score (nSPS) is 25.2. The highest BCUT2D eigenvalue weighted by Gasteiger charge is 2.28. The average Bonchev–Trinajstić information content (AvgIpc) is 2.54. The van der Waals surface area contributed by atoms with Crippen LogP contribution in [0.15, 0.2) is 23.4 Å². The van der Waals surface area contributed by atoms with Crippen LogP contribution in [0.25, 0.3) is 0 Å². The van der Waals surface area contributed by atoms with Gasteiger partial charge >= 0.3 is 0 Å². The molecular weight excluding hydrogens is 174 g/mol. The zero-order valence-corrected chi connectivity index (χ0v) is 8.68. The van der Waals surface area contributed by atoms with E-state index in [0.717, 1.165) is 12.1 Å². The third-order valence-corrected chi connectivity index (χ3v) is 3.01. The lowest BCUT2D eigenvalue weighted by Crippen LogP contribution is -2.13. The number of hydrogen-bond donors (Lipinski definition) is 1. The molecule has 1 saturated heterocycles. The van der Waals surface area contributed by atoms with Crippen LogP contribution in [0.1, 0.15) is 39.0 Å². The monoisotopic (exact) mass is 191 g/mol. The SMILES string of the molecule is CCCCC1=CC=C2NC(=O)CC2C1. The van der Waals surface area contributed by atoms with Gasteiger partial charge in [-0.3, -0.25) is 4.79 Å². The number of carbonyl (C=O) groups excluding carboxylic acids is 1. The summed E-state index contributed by atoms with van der Waals surface area (Å²) < 4.78 is 0. The van der Waals surface area contributed by atoms with E-state index in [2.05, 4.69) is 24.4 Å². The van der Waals surface area contributed by atoms with Crippen molar-refractivity contribution in [2.75, 3.05) is 0 Å². The summed E-state index contributed by atoms with van der Waals surface area (Å²) in [7, 11) is 0. The predicted molar refractivity (Wildman–Crippen MR) is 56.6 cm³/mol. The molecule has 1 heterocycles. The number of carbonyl (C=O) groups is 1. The maximum atomic E-state index is 11.2. The molecule has 1 atom stereocenters. The van der Waals surface area contributed by atoms with Crippen molar-refractivity contribution in [3.63, 3.8) is 0 Å². The predicted octanol–water partition coefficient (Wildman–Crippen LogP) is 2.53. The van der Waals surface area contributed by atoms with E-state index in [1.165, 1.54) is 24.8 Å². The third kappa shape index (κ3) is 1.89. The number of hydrogen-bond acceptors (Lipinski definition) is 1. The molecule has 76 valence electrons. The third-order valence-electron chi connectivity index (χ3n) is 3.01. The van der Waals surface area contributed by atoms with E-state index in [4.69, 9.17) is 0 Å². The molecule has 14 heavy (non-hydrogen) atoms. The van der Waals surface area contributed by atoms with E-state index in [9.17, 15) is 4.79 Å². The summed E-state index contributed by atoms with van der Waals surface area (Å²) in [6.07, 6.45) is 9.76. The fourth-order valence-electron chi connectivity index (χ4n) is 2.19. The van der Waals surface area contributed by atoms with Crippen molar-refractivity contribution < 1.29 is 4.79 Å². The number of fused-ring (bicyclic) bond motifs is 1. The molecule has 0 saturated carbocycles. The highest BCUT2D eigenvalue weighted by Crippen LogP contribution is 2.32. The fraction of sp³-hybridized carbons (Fsp3) is 0.583. The standard InChI is InChI=1S/C12H17NO/c1-2-3-4-9-5-6-11-10(7-9)8-12(14)13-11/h5-6,10H,2-4,7-8H2,1H3,(H,13,14). The van der Waals surface area contributed by atoms with E-state index in [1.54, 1.807) is 0 Å². The first-order valence-electron chi connectivity index (χ1n) is 5.49. The smallest absolute Gasteiger partial charge is 0.224 e. The summed E-state index contributed by atoms with van der Waals surface area (Å²) in [6.45, 7) is 2.21. The molecule has 0 aromatic rings. The van der Waals surface area contributed by atoms with Crippen LogP contribution >= 0.6 is 0 Å². The van der Waals surface area contributed by atoms with Gasteiger partial charge in [0.05, 0.1) is 0 Å². The van der Waals surface area contributed by atoms with Gasteiger partial charge in [-0.25, -0.2) is 0 Å². The number of unbranched alkanes of at least 4 members (excludes halogenated alkanes) is 1. The molecule has 2 heteroatoms. The van der Waals surface area contributed by atoms with Gasteiger partial charge in [-0.15, -0.1) is 0 Å². The van der Waals surface area contributed by atoms with E-state index in [0.29, 0.717) is 12.3 Å². The Morgan fingerprint density at radius 3 is 3.07 bits per heavy atom. The summed E-state index contributed by atoms with van der Waals surface area (Å²) in [5, 5.41) is 2.91. The topological polar surface area (TPSA) is 29.1 Å². The molecule has 2 nitrogen and oxygen atoms in total. The highest BCUT2D eigenvalue weighted by atomic mass is 16.1. The first-order chi connectivity index (χ1) is 6.79. The van der Waals surface area contributed by atoms with Gasteiger partial charge < -0.3 is 5.32 Å². The molecule has 1 unspecified atom stereocenters. The summed E-state index contributed by atoms with van der Waals surface area (Å²) in [4.78, 5) is 11.2. The van der Waals surface area contributed by atoms with Gasteiger partial charge in [-0.2, -0.15) is 0 Å². The lowest BCUT2D eigenvalue weighted by atomic mass is 9.89. The Bertz CT molecular complexity index is 301. The fourth-order valence-corrected chi connectivity index (χ4v) is 2.19. The molecule has 1 amide bonds. The molecule has 0 aromatic heterocycles. The van der Waals surface area contributed by atoms with Crippen LogP contribution < -0.4 is 5.32 Å². The number of allylic oxidation sites excluding steroid dienone is 4. The Kier molecular flexibility index (Phi) is 2.71. The Labute approximate surface area is 85.1 Å². The molecule has 0 spiro atoms. The molecule has 0 aromatic carbocycles. The molecule has 2 rings (SSSR count). The first-order valence-corrected chi connectivity index (χ1v) is 5.49. The van der Waals surface area contributed by atoms with Crippen molar-refractivity contribution in [1.29, 1.82) is 0 Å². The minimum atomic E-state index is 0.186. The van der Waals surface area contributed by atoms with Crippen LogP contribution in [0.4, 0.5) is 0 Å². The van der Waals surface area contributed by atoms with Gasteiger partial charge in [-0.1, -0.05) is 25.0 Å². The van der Waals surface area contributed by atoms with E-state index < -0.39 is 0 Å². The summed E-state index contributed by atoms with van der Waals surface area (Å²) >= 11 is 0. The van der Waals surface area contributed by atoms with Crippen molar-refractivity contribution in [3.8, 4) is 0 Å². The van der Waals surface area contributed by atoms with Gasteiger partial charge in [0.1, 0.15) is 0 Å². The van der Waals surface area contributed by atoms with Crippen molar-refractivity contribution in [3.05, 3.63) is 23.4 Å². The summed E-state index contributed by atoms with van der Waals surface area (Å²) in [5.74, 6) is 0.644. The zero-order valence-electron chi connectivity index (χ0n) is 8.68. The quantitative estimate of drug-likeness (QED) is 0.729. The Morgan fingerprint density at radius 1 is 1.43 bits per heavy atom. The van der Waals surface area contributed by atoms with Crippen molar-refractivity contribution in [1.82, 2.24) is 5.32 Å². The van der Waals surface area contributed by atoms with E-state index >= 15 is 0 Å². The van der Waals surface area contributed by atoms with Crippen LogP contribution in [0, 0.1) is 5.92 Å². The Hall–Kier alpha value is -1.05. The average molecular weight is 191 g/mol. The van der Waals surface area contributed by atoms with Crippen LogP contribution in [-0.2, 0) is 4.79 Å². The number of amides is 1. The lowest BCUT2D eigenvalue weighted by molar-refractivity contribution is -0.119. The Balaban J connectivity index is 1.98. The first kappa shape index (κ1) is 9.50. The second-order valence-electron chi connectivity index (χ2n) is 4.20. The summed E-state index contributed by atoms with van der Waals surface area (Å²) in [6, 6.07) is 0. The zero-order chi connectivity index (χ0) is 9.97. The molecule has 1 aliphatic carbocycles. The highest BCUT2D eigenvalue weighted by molar-refractivity contribution is 5.82. The van der Waals surface area contributed by atoms with Gasteiger partial charge in [0.2, 0.25) is 5.91 Å². The number of nitrogens with one attached hydrogen (secondary N) is 1. The van der Waals surface area contributed by atoms with Crippen LogP contribution in [-0.4, -0.2) is 5.91 Å². The minimum Gasteiger partial charge on any atom is -0.329 e. The maximum absolute atomic E-state index is 11.2. The van der Waals surface area contributed by atoms with Crippen molar-refractivity contribution in [2.45, 2.75) is 39.0 Å². The Morgan fingerprint density at radius 2 is 2.29 bits per heavy atom. The molecule has 1 fully saturated rings. The van der Waals surface area contributed by atoms with E-state index in [-0.39, 0.29) is 5.91 Å². The maximum Gasteiger partial charge on any atom is 0.224 e. The van der Waals surface area contributed by atoms with Crippen molar-refractivity contribution >= 4 is 5.91 Å². The molecule has 1 aliphatic heterocycles. The molecular formula is C12H17NO. The van der Waals surface area contributed by atoms with Crippen LogP contribution in [0.2, 0.25) is 0 Å². The van der Waals surface area contributed by atoms with Crippen molar-refractivity contribution in [2.24, 2.45) is 5.92 Å². The lowest BCUT2D eigenvalue weighted by Gasteiger charge is -2.17. The van der Waals surface area contributed by atoms with Gasteiger partial charge in [0, 0.05) is 18.0 Å². The van der Waals surface area contributed by atoms with Crippen LogP contribution in [0.5, 0.6) is 0 Å². The second-order valence-corrected chi connectivity index (χ2v) is 4.20. The number of rotatable bonds is 3. The molecule has 2 aliphatic rings. The largest absolute Gasteiger partial charge is 0.329 e. The van der Waals surface area contributed by atoms with Gasteiger partial charge in [0.15, 0.2) is 0 Å².